The Morgan fingerprint density at radius 1 is 1.11 bits per heavy atom. The number of aromatic nitrogens is 4. The third-order valence-electron chi connectivity index (χ3n) is 4.47. The summed E-state index contributed by atoms with van der Waals surface area (Å²) in [6, 6.07) is 7.87. The average Bonchev–Trinajstić information content (AvgIpc) is 3.07. The summed E-state index contributed by atoms with van der Waals surface area (Å²) >= 11 is 0. The van der Waals surface area contributed by atoms with Crippen LogP contribution in [0.15, 0.2) is 40.2 Å². The van der Waals surface area contributed by atoms with Crippen molar-refractivity contribution in [3.63, 3.8) is 0 Å². The fourth-order valence-corrected chi connectivity index (χ4v) is 2.84. The van der Waals surface area contributed by atoms with Crippen molar-refractivity contribution in [3.8, 4) is 0 Å². The van der Waals surface area contributed by atoms with Gasteiger partial charge in [-0.2, -0.15) is 0 Å². The highest BCUT2D eigenvalue weighted by molar-refractivity contribution is 5.78. The molecule has 9 nitrogen and oxygen atoms in total. The van der Waals surface area contributed by atoms with Gasteiger partial charge < -0.3 is 14.8 Å². The number of carbonyl (C=O) groups excluding carboxylic acids is 1. The Hall–Kier alpha value is -3.36. The normalized spacial score (nSPS) is 11.0. The lowest BCUT2D eigenvalue weighted by atomic mass is 10.2. The van der Waals surface area contributed by atoms with Crippen LogP contribution in [-0.4, -0.2) is 38.7 Å². The number of fused-ring (bicyclic) bond motifs is 1. The molecule has 142 valence electrons. The number of hydrogen-bond donors (Lipinski definition) is 1. The summed E-state index contributed by atoms with van der Waals surface area (Å²) < 4.78 is 3.75. The van der Waals surface area contributed by atoms with Crippen LogP contribution in [0.4, 0.5) is 5.69 Å². The summed E-state index contributed by atoms with van der Waals surface area (Å²) in [4.78, 5) is 42.8. The number of imidazole rings is 1. The van der Waals surface area contributed by atoms with Crippen LogP contribution in [0, 0.1) is 0 Å². The molecule has 0 radical (unpaired) electrons. The maximum absolute atomic E-state index is 12.4. The second-order valence-electron chi connectivity index (χ2n) is 6.59. The van der Waals surface area contributed by atoms with Gasteiger partial charge in [0.2, 0.25) is 5.91 Å². The summed E-state index contributed by atoms with van der Waals surface area (Å²) in [7, 11) is 6.87. The molecule has 1 N–H and O–H groups in total. The highest BCUT2D eigenvalue weighted by atomic mass is 16.2. The molecule has 0 saturated carbocycles. The van der Waals surface area contributed by atoms with Crippen molar-refractivity contribution in [1.29, 1.82) is 0 Å². The topological polar surface area (TPSA) is 94.2 Å². The van der Waals surface area contributed by atoms with Crippen LogP contribution in [0.25, 0.3) is 11.2 Å². The molecule has 0 spiro atoms. The molecule has 0 aliphatic carbocycles. The maximum atomic E-state index is 12.4. The molecule has 1 amide bonds. The van der Waals surface area contributed by atoms with Gasteiger partial charge in [0.15, 0.2) is 11.2 Å². The van der Waals surface area contributed by atoms with E-state index in [0.29, 0.717) is 6.54 Å². The molecule has 3 rings (SSSR count). The number of rotatable bonds is 5. The Kier molecular flexibility index (Phi) is 4.85. The summed E-state index contributed by atoms with van der Waals surface area (Å²) in [5.41, 5.74) is 1.61. The van der Waals surface area contributed by atoms with Gasteiger partial charge in [0.1, 0.15) is 6.54 Å². The molecule has 1 aromatic carbocycles. The van der Waals surface area contributed by atoms with E-state index in [0.717, 1.165) is 15.8 Å². The summed E-state index contributed by atoms with van der Waals surface area (Å²) in [6.07, 6.45) is 1.40. The van der Waals surface area contributed by atoms with Crippen LogP contribution in [0.3, 0.4) is 0 Å². The molecule has 0 saturated heterocycles. The van der Waals surface area contributed by atoms with E-state index in [1.807, 2.05) is 43.3 Å². The molecule has 0 unspecified atom stereocenters. The Labute approximate surface area is 155 Å². The molecule has 3 aromatic rings. The van der Waals surface area contributed by atoms with Crippen molar-refractivity contribution in [2.75, 3.05) is 19.0 Å². The molecule has 2 heterocycles. The lowest BCUT2D eigenvalue weighted by Gasteiger charge is -2.13. The highest BCUT2D eigenvalue weighted by Crippen LogP contribution is 2.12. The number of anilines is 1. The van der Waals surface area contributed by atoms with Crippen molar-refractivity contribution >= 4 is 22.8 Å². The van der Waals surface area contributed by atoms with Crippen molar-refractivity contribution in [2.24, 2.45) is 14.1 Å². The Morgan fingerprint density at radius 3 is 2.41 bits per heavy atom. The maximum Gasteiger partial charge on any atom is 0.332 e. The van der Waals surface area contributed by atoms with Gasteiger partial charge in [-0.3, -0.25) is 18.7 Å². The first kappa shape index (κ1) is 18.4. The lowest BCUT2D eigenvalue weighted by Crippen LogP contribution is -2.38. The van der Waals surface area contributed by atoms with Gasteiger partial charge >= 0.3 is 5.69 Å². The van der Waals surface area contributed by atoms with Crippen LogP contribution in [0.2, 0.25) is 0 Å². The number of carbonyl (C=O) groups is 1. The van der Waals surface area contributed by atoms with Crippen LogP contribution >= 0.6 is 0 Å². The molecule has 27 heavy (non-hydrogen) atoms. The minimum atomic E-state index is -0.474. The zero-order valence-electron chi connectivity index (χ0n) is 15.8. The Balaban J connectivity index is 1.75. The number of nitrogens with one attached hydrogen (secondary N) is 1. The Morgan fingerprint density at radius 2 is 1.78 bits per heavy atom. The van der Waals surface area contributed by atoms with Crippen molar-refractivity contribution in [3.05, 3.63) is 57.0 Å². The summed E-state index contributed by atoms with van der Waals surface area (Å²) in [6.45, 7) is 0.329. The van der Waals surface area contributed by atoms with Crippen LogP contribution in [0.1, 0.15) is 5.56 Å². The van der Waals surface area contributed by atoms with E-state index in [2.05, 4.69) is 10.3 Å². The first-order chi connectivity index (χ1) is 12.8. The largest absolute Gasteiger partial charge is 0.378 e. The van der Waals surface area contributed by atoms with E-state index in [9.17, 15) is 14.4 Å². The molecule has 9 heteroatoms. The van der Waals surface area contributed by atoms with Gasteiger partial charge in [-0.1, -0.05) is 12.1 Å². The van der Waals surface area contributed by atoms with Crippen LogP contribution in [0.5, 0.6) is 0 Å². The van der Waals surface area contributed by atoms with Crippen LogP contribution < -0.4 is 21.5 Å². The zero-order chi connectivity index (χ0) is 19.7. The number of amides is 1. The monoisotopic (exact) mass is 370 g/mol. The second-order valence-corrected chi connectivity index (χ2v) is 6.59. The van der Waals surface area contributed by atoms with E-state index >= 15 is 0 Å². The number of nitrogens with zero attached hydrogens (tertiary/aromatic N) is 5. The van der Waals surface area contributed by atoms with Gasteiger partial charge in [0.25, 0.3) is 5.56 Å². The van der Waals surface area contributed by atoms with E-state index in [4.69, 9.17) is 0 Å². The Bertz CT molecular complexity index is 1110. The van der Waals surface area contributed by atoms with Gasteiger partial charge in [0, 0.05) is 40.4 Å². The predicted octanol–water partition coefficient (Wildman–Crippen LogP) is -0.184. The van der Waals surface area contributed by atoms with Gasteiger partial charge in [0.05, 0.1) is 6.33 Å². The van der Waals surface area contributed by atoms with Crippen molar-refractivity contribution in [2.45, 2.75) is 13.1 Å². The molecular weight excluding hydrogens is 348 g/mol. The van der Waals surface area contributed by atoms with Crippen molar-refractivity contribution < 1.29 is 4.79 Å². The molecular formula is C18H22N6O3. The average molecular weight is 370 g/mol. The van der Waals surface area contributed by atoms with Gasteiger partial charge in [-0.05, 0) is 17.7 Å². The summed E-state index contributed by atoms with van der Waals surface area (Å²) in [5.74, 6) is -0.248. The van der Waals surface area contributed by atoms with E-state index < -0.39 is 11.2 Å². The molecule has 0 bridgehead atoms. The molecule has 2 aromatic heterocycles. The first-order valence-electron chi connectivity index (χ1n) is 8.43. The third kappa shape index (κ3) is 3.48. The molecule has 0 aliphatic rings. The zero-order valence-corrected chi connectivity index (χ0v) is 15.8. The predicted molar refractivity (Wildman–Crippen MR) is 103 cm³/mol. The number of aryl methyl sites for hydroxylation is 1. The fourth-order valence-electron chi connectivity index (χ4n) is 2.84. The minimum absolute atomic E-state index is 0.0558. The third-order valence-corrected chi connectivity index (χ3v) is 4.47. The SMILES string of the molecule is CN(C)c1ccc(CNC(=O)Cn2cnc3c2c(=O)n(C)c(=O)n3C)cc1. The quantitative estimate of drug-likeness (QED) is 0.672. The van der Waals surface area contributed by atoms with Crippen molar-refractivity contribution in [1.82, 2.24) is 24.0 Å². The van der Waals surface area contributed by atoms with Gasteiger partial charge in [-0.15, -0.1) is 0 Å². The first-order valence-corrected chi connectivity index (χ1v) is 8.43. The lowest BCUT2D eigenvalue weighted by molar-refractivity contribution is -0.121. The second kappa shape index (κ2) is 7.10. The standard InChI is InChI=1S/C18H22N6O3/c1-21(2)13-7-5-12(6-8-13)9-19-14(25)10-24-11-20-16-15(24)17(26)23(4)18(27)22(16)3/h5-8,11H,9-10H2,1-4H3,(H,19,25). The van der Waals surface area contributed by atoms with E-state index in [-0.39, 0.29) is 23.6 Å². The van der Waals surface area contributed by atoms with Gasteiger partial charge in [-0.25, -0.2) is 9.78 Å². The number of benzene rings is 1. The molecule has 0 aliphatic heterocycles. The smallest absolute Gasteiger partial charge is 0.332 e. The van der Waals surface area contributed by atoms with E-state index in [1.165, 1.54) is 22.5 Å². The molecule has 0 fully saturated rings. The minimum Gasteiger partial charge on any atom is -0.378 e. The fraction of sp³-hybridized carbons (Fsp3) is 0.333. The molecule has 0 atom stereocenters. The highest BCUT2D eigenvalue weighted by Gasteiger charge is 2.15. The van der Waals surface area contributed by atoms with E-state index in [1.54, 1.807) is 7.05 Å². The van der Waals surface area contributed by atoms with Crippen LogP contribution in [-0.2, 0) is 32.0 Å². The number of hydrogen-bond acceptors (Lipinski definition) is 5. The summed E-state index contributed by atoms with van der Waals surface area (Å²) in [5, 5.41) is 2.83.